The van der Waals surface area contributed by atoms with E-state index in [1.165, 1.54) is 6.07 Å². The van der Waals surface area contributed by atoms with Crippen molar-refractivity contribution in [2.75, 3.05) is 6.61 Å². The SMILES string of the molecule is CCCOc1ccccc1C(NN)c1ccc(C)cc1F. The molecular formula is C17H21FN2O. The molecule has 3 nitrogen and oxygen atoms in total. The minimum atomic E-state index is -0.446. The molecule has 21 heavy (non-hydrogen) atoms. The predicted octanol–water partition coefficient (Wildman–Crippen LogP) is 3.48. The summed E-state index contributed by atoms with van der Waals surface area (Å²) >= 11 is 0. The number of benzene rings is 2. The maximum atomic E-state index is 14.2. The smallest absolute Gasteiger partial charge is 0.128 e. The van der Waals surface area contributed by atoms with Crippen LogP contribution >= 0.6 is 0 Å². The summed E-state index contributed by atoms with van der Waals surface area (Å²) in [7, 11) is 0. The molecule has 0 heterocycles. The molecule has 2 aromatic rings. The highest BCUT2D eigenvalue weighted by molar-refractivity contribution is 5.42. The zero-order chi connectivity index (χ0) is 15.2. The van der Waals surface area contributed by atoms with Crippen molar-refractivity contribution in [2.45, 2.75) is 26.3 Å². The molecule has 2 rings (SSSR count). The van der Waals surface area contributed by atoms with Crippen LogP contribution in [0.15, 0.2) is 42.5 Å². The number of nitrogens with two attached hydrogens (primary N) is 1. The monoisotopic (exact) mass is 288 g/mol. The van der Waals surface area contributed by atoms with E-state index in [2.05, 4.69) is 5.43 Å². The van der Waals surface area contributed by atoms with Crippen LogP contribution in [0, 0.1) is 12.7 Å². The van der Waals surface area contributed by atoms with Gasteiger partial charge in [-0.3, -0.25) is 5.84 Å². The highest BCUT2D eigenvalue weighted by Crippen LogP contribution is 2.31. The van der Waals surface area contributed by atoms with Crippen molar-refractivity contribution in [3.8, 4) is 5.75 Å². The first kappa shape index (κ1) is 15.5. The van der Waals surface area contributed by atoms with Gasteiger partial charge in [0.25, 0.3) is 0 Å². The summed E-state index contributed by atoms with van der Waals surface area (Å²) in [5.41, 5.74) is 4.91. The number of halogens is 1. The van der Waals surface area contributed by atoms with E-state index >= 15 is 0 Å². The molecule has 0 aliphatic carbocycles. The summed E-state index contributed by atoms with van der Waals surface area (Å²) in [6.07, 6.45) is 0.911. The van der Waals surface area contributed by atoms with Crippen molar-refractivity contribution >= 4 is 0 Å². The van der Waals surface area contributed by atoms with Gasteiger partial charge >= 0.3 is 0 Å². The maximum Gasteiger partial charge on any atom is 0.128 e. The normalized spacial score (nSPS) is 12.2. The fourth-order valence-corrected chi connectivity index (χ4v) is 2.28. The van der Waals surface area contributed by atoms with Crippen molar-refractivity contribution in [2.24, 2.45) is 5.84 Å². The number of aryl methyl sites for hydroxylation is 1. The van der Waals surface area contributed by atoms with E-state index in [0.29, 0.717) is 12.2 Å². The Kier molecular flexibility index (Phi) is 5.31. The second kappa shape index (κ2) is 7.20. The molecule has 112 valence electrons. The zero-order valence-electron chi connectivity index (χ0n) is 12.4. The Balaban J connectivity index is 2.41. The third-order valence-corrected chi connectivity index (χ3v) is 3.33. The summed E-state index contributed by atoms with van der Waals surface area (Å²) in [5.74, 6) is 6.12. The lowest BCUT2D eigenvalue weighted by atomic mass is 9.97. The molecule has 0 radical (unpaired) electrons. The lowest BCUT2D eigenvalue weighted by molar-refractivity contribution is 0.311. The van der Waals surface area contributed by atoms with Crippen LogP contribution in [0.1, 0.15) is 36.1 Å². The Bertz CT molecular complexity index is 601. The van der Waals surface area contributed by atoms with Gasteiger partial charge in [0.2, 0.25) is 0 Å². The largest absolute Gasteiger partial charge is 0.493 e. The van der Waals surface area contributed by atoms with E-state index in [9.17, 15) is 4.39 Å². The minimum Gasteiger partial charge on any atom is -0.493 e. The first-order valence-electron chi connectivity index (χ1n) is 7.11. The number of hydrogen-bond acceptors (Lipinski definition) is 3. The number of hydrogen-bond donors (Lipinski definition) is 2. The maximum absolute atomic E-state index is 14.2. The van der Waals surface area contributed by atoms with Gasteiger partial charge < -0.3 is 4.74 Å². The summed E-state index contributed by atoms with van der Waals surface area (Å²) in [6.45, 7) is 4.52. The quantitative estimate of drug-likeness (QED) is 0.632. The fourth-order valence-electron chi connectivity index (χ4n) is 2.28. The fraction of sp³-hybridized carbons (Fsp3) is 0.294. The molecule has 1 atom stereocenters. The molecule has 0 aliphatic rings. The zero-order valence-corrected chi connectivity index (χ0v) is 12.4. The van der Waals surface area contributed by atoms with Crippen LogP contribution in [0.3, 0.4) is 0 Å². The third-order valence-electron chi connectivity index (χ3n) is 3.33. The van der Waals surface area contributed by atoms with Gasteiger partial charge in [0.1, 0.15) is 11.6 Å². The molecule has 4 heteroatoms. The number of hydrazine groups is 1. The molecule has 0 spiro atoms. The van der Waals surface area contributed by atoms with Crippen molar-refractivity contribution in [1.29, 1.82) is 0 Å². The highest BCUT2D eigenvalue weighted by atomic mass is 19.1. The van der Waals surface area contributed by atoms with Crippen LogP contribution in [0.2, 0.25) is 0 Å². The molecule has 0 fully saturated rings. The van der Waals surface area contributed by atoms with E-state index in [4.69, 9.17) is 10.6 Å². The summed E-state index contributed by atoms with van der Waals surface area (Å²) < 4.78 is 20.0. The number of nitrogens with one attached hydrogen (secondary N) is 1. The van der Waals surface area contributed by atoms with E-state index in [-0.39, 0.29) is 5.82 Å². The van der Waals surface area contributed by atoms with Crippen LogP contribution < -0.4 is 16.0 Å². The molecule has 0 saturated carbocycles. The molecule has 3 N–H and O–H groups in total. The standard InChI is InChI=1S/C17H21FN2O/c1-3-10-21-16-7-5-4-6-14(16)17(20-19)13-9-8-12(2)11-15(13)18/h4-9,11,17,20H,3,10,19H2,1-2H3. The Morgan fingerprint density at radius 2 is 1.95 bits per heavy atom. The van der Waals surface area contributed by atoms with Crippen LogP contribution in [-0.4, -0.2) is 6.61 Å². The minimum absolute atomic E-state index is 0.275. The van der Waals surface area contributed by atoms with E-state index in [0.717, 1.165) is 23.3 Å². The molecule has 0 aliphatic heterocycles. The lowest BCUT2D eigenvalue weighted by Gasteiger charge is -2.21. The molecular weight excluding hydrogens is 267 g/mol. The van der Waals surface area contributed by atoms with Gasteiger partial charge in [-0.2, -0.15) is 0 Å². The van der Waals surface area contributed by atoms with Crippen molar-refractivity contribution in [1.82, 2.24) is 5.43 Å². The highest BCUT2D eigenvalue weighted by Gasteiger charge is 2.20. The predicted molar refractivity (Wildman–Crippen MR) is 82.5 cm³/mol. The Morgan fingerprint density at radius 1 is 1.19 bits per heavy atom. The van der Waals surface area contributed by atoms with Crippen molar-refractivity contribution in [3.63, 3.8) is 0 Å². The van der Waals surface area contributed by atoms with Crippen molar-refractivity contribution < 1.29 is 9.13 Å². The lowest BCUT2D eigenvalue weighted by Crippen LogP contribution is -2.30. The first-order valence-corrected chi connectivity index (χ1v) is 7.11. The third kappa shape index (κ3) is 3.60. The first-order chi connectivity index (χ1) is 10.2. The molecule has 2 aromatic carbocycles. The van der Waals surface area contributed by atoms with E-state index < -0.39 is 6.04 Å². The molecule has 0 amide bonds. The number of para-hydroxylation sites is 1. The van der Waals surface area contributed by atoms with Gasteiger partial charge in [-0.25, -0.2) is 9.82 Å². The van der Waals surface area contributed by atoms with Gasteiger partial charge in [-0.1, -0.05) is 37.3 Å². The Morgan fingerprint density at radius 3 is 2.62 bits per heavy atom. The second-order valence-electron chi connectivity index (χ2n) is 5.01. The van der Waals surface area contributed by atoms with E-state index in [1.54, 1.807) is 6.07 Å². The van der Waals surface area contributed by atoms with Crippen LogP contribution in [0.25, 0.3) is 0 Å². The Hall–Kier alpha value is -1.91. The summed E-state index contributed by atoms with van der Waals surface area (Å²) in [4.78, 5) is 0. The van der Waals surface area contributed by atoms with Gasteiger partial charge in [0.15, 0.2) is 0 Å². The van der Waals surface area contributed by atoms with Crippen LogP contribution in [0.4, 0.5) is 4.39 Å². The topological polar surface area (TPSA) is 47.3 Å². The number of rotatable bonds is 6. The average molecular weight is 288 g/mol. The molecule has 1 unspecified atom stereocenters. The van der Waals surface area contributed by atoms with Gasteiger partial charge in [0, 0.05) is 11.1 Å². The number of ether oxygens (including phenoxy) is 1. The average Bonchev–Trinajstić information content (AvgIpc) is 2.49. The summed E-state index contributed by atoms with van der Waals surface area (Å²) in [5, 5.41) is 0. The van der Waals surface area contributed by atoms with Gasteiger partial charge in [-0.15, -0.1) is 0 Å². The molecule has 0 aromatic heterocycles. The van der Waals surface area contributed by atoms with Gasteiger partial charge in [0.05, 0.1) is 12.6 Å². The molecule has 0 saturated heterocycles. The summed E-state index contributed by atoms with van der Waals surface area (Å²) in [6, 6.07) is 12.3. The van der Waals surface area contributed by atoms with Gasteiger partial charge in [-0.05, 0) is 31.0 Å². The Labute approximate surface area is 124 Å². The van der Waals surface area contributed by atoms with Crippen LogP contribution in [-0.2, 0) is 0 Å². The van der Waals surface area contributed by atoms with E-state index in [1.807, 2.05) is 44.2 Å². The van der Waals surface area contributed by atoms with Crippen molar-refractivity contribution in [3.05, 3.63) is 65.0 Å². The van der Waals surface area contributed by atoms with Crippen LogP contribution in [0.5, 0.6) is 5.75 Å². The molecule has 0 bridgehead atoms. The second-order valence-corrected chi connectivity index (χ2v) is 5.01.